The largest absolute Gasteiger partial charge is 0.469 e. The first kappa shape index (κ1) is 14.6. The summed E-state index contributed by atoms with van der Waals surface area (Å²) in [6, 6.07) is -0.316. The summed E-state index contributed by atoms with van der Waals surface area (Å²) in [5.41, 5.74) is 0.504. The van der Waals surface area contributed by atoms with Crippen molar-refractivity contribution in [2.75, 3.05) is 7.11 Å². The summed E-state index contributed by atoms with van der Waals surface area (Å²) in [5, 5.41) is 4.15. The number of hydrogen-bond acceptors (Lipinski definition) is 4. The van der Waals surface area contributed by atoms with Crippen LogP contribution >= 0.6 is 0 Å². The molecule has 1 fully saturated rings. The number of nitrogens with zero attached hydrogens (tertiary/aromatic N) is 3. The maximum atomic E-state index is 12.3. The van der Waals surface area contributed by atoms with Crippen LogP contribution in [-0.2, 0) is 21.4 Å². The molecule has 1 aromatic rings. The zero-order chi connectivity index (χ0) is 15.1. The van der Waals surface area contributed by atoms with Gasteiger partial charge in [0, 0.05) is 30.8 Å². The van der Waals surface area contributed by atoms with E-state index in [1.165, 1.54) is 7.11 Å². The van der Waals surface area contributed by atoms with Gasteiger partial charge in [0.2, 0.25) is 5.91 Å². The normalized spacial score (nSPS) is 23.2. The van der Waals surface area contributed by atoms with Crippen molar-refractivity contribution in [1.82, 2.24) is 14.7 Å². The Balaban J connectivity index is 2.46. The molecule has 0 bridgehead atoms. The lowest BCUT2D eigenvalue weighted by Gasteiger charge is -2.37. The molecule has 0 aliphatic carbocycles. The molecule has 0 saturated carbocycles. The summed E-state index contributed by atoms with van der Waals surface area (Å²) in [6.07, 6.45) is 3.74. The smallest absolute Gasteiger partial charge is 0.311 e. The molecule has 1 aliphatic heterocycles. The standard InChI is InChI=1S/C14H21N3O3/c1-14(2,3)17-11(18)6-10(13(19)20-5)12(17)9-7-15-16(4)8-9/h7-8,10,12H,6H2,1-5H3/t10-,12+/m1/s1. The lowest BCUT2D eigenvalue weighted by atomic mass is 9.93. The number of ether oxygens (including phenoxy) is 1. The quantitative estimate of drug-likeness (QED) is 0.765. The molecule has 6 nitrogen and oxygen atoms in total. The van der Waals surface area contributed by atoms with Gasteiger partial charge in [-0.15, -0.1) is 0 Å². The number of likely N-dealkylation sites (tertiary alicyclic amines) is 1. The van der Waals surface area contributed by atoms with Crippen LogP contribution in [0.15, 0.2) is 12.4 Å². The van der Waals surface area contributed by atoms with Gasteiger partial charge in [0.15, 0.2) is 0 Å². The molecule has 20 heavy (non-hydrogen) atoms. The van der Waals surface area contributed by atoms with Gasteiger partial charge >= 0.3 is 5.97 Å². The van der Waals surface area contributed by atoms with Crippen LogP contribution in [-0.4, -0.2) is 39.2 Å². The van der Waals surface area contributed by atoms with Crippen molar-refractivity contribution in [2.45, 2.75) is 38.8 Å². The molecule has 0 radical (unpaired) electrons. The Labute approximate surface area is 118 Å². The van der Waals surface area contributed by atoms with Crippen LogP contribution in [0, 0.1) is 5.92 Å². The summed E-state index contributed by atoms with van der Waals surface area (Å²) in [7, 11) is 3.17. The second-order valence-electron chi connectivity index (χ2n) is 6.16. The molecule has 110 valence electrons. The van der Waals surface area contributed by atoms with E-state index in [4.69, 9.17) is 4.74 Å². The average molecular weight is 279 g/mol. The molecule has 1 aromatic heterocycles. The van der Waals surface area contributed by atoms with Crippen LogP contribution < -0.4 is 0 Å². The first-order valence-electron chi connectivity index (χ1n) is 6.64. The van der Waals surface area contributed by atoms with Crippen LogP contribution in [0.2, 0.25) is 0 Å². The van der Waals surface area contributed by atoms with E-state index in [1.54, 1.807) is 15.8 Å². The fourth-order valence-electron chi connectivity index (χ4n) is 2.86. The van der Waals surface area contributed by atoms with Crippen molar-refractivity contribution in [3.8, 4) is 0 Å². The predicted octanol–water partition coefficient (Wildman–Crippen LogP) is 1.28. The number of aromatic nitrogens is 2. The highest BCUT2D eigenvalue weighted by molar-refractivity contribution is 5.88. The minimum atomic E-state index is -0.476. The molecular weight excluding hydrogens is 258 g/mol. The Morgan fingerprint density at radius 2 is 2.10 bits per heavy atom. The highest BCUT2D eigenvalue weighted by atomic mass is 16.5. The molecule has 1 saturated heterocycles. The molecule has 0 unspecified atom stereocenters. The van der Waals surface area contributed by atoms with Gasteiger partial charge < -0.3 is 9.64 Å². The summed E-state index contributed by atoms with van der Waals surface area (Å²) in [5.74, 6) is -0.850. The van der Waals surface area contributed by atoms with E-state index in [9.17, 15) is 9.59 Å². The number of methoxy groups -OCH3 is 1. The number of aryl methyl sites for hydroxylation is 1. The van der Waals surface area contributed by atoms with E-state index in [0.29, 0.717) is 0 Å². The van der Waals surface area contributed by atoms with Gasteiger partial charge in [-0.1, -0.05) is 0 Å². The van der Waals surface area contributed by atoms with Gasteiger partial charge in [-0.25, -0.2) is 0 Å². The van der Waals surface area contributed by atoms with E-state index in [1.807, 2.05) is 34.0 Å². The van der Waals surface area contributed by atoms with Gasteiger partial charge in [0.05, 0.1) is 25.3 Å². The Hall–Kier alpha value is -1.85. The number of esters is 1. The summed E-state index contributed by atoms with van der Waals surface area (Å²) in [6.45, 7) is 5.90. The van der Waals surface area contributed by atoms with Crippen molar-refractivity contribution < 1.29 is 14.3 Å². The Morgan fingerprint density at radius 1 is 1.45 bits per heavy atom. The number of carbonyl (C=O) groups is 2. The zero-order valence-electron chi connectivity index (χ0n) is 12.6. The molecule has 0 aromatic carbocycles. The third-order valence-electron chi connectivity index (χ3n) is 3.62. The van der Waals surface area contributed by atoms with Crippen LogP contribution in [0.1, 0.15) is 38.8 Å². The fraction of sp³-hybridized carbons (Fsp3) is 0.643. The topological polar surface area (TPSA) is 64.4 Å². The maximum absolute atomic E-state index is 12.3. The monoisotopic (exact) mass is 279 g/mol. The summed E-state index contributed by atoms with van der Waals surface area (Å²) in [4.78, 5) is 26.1. The van der Waals surface area contributed by atoms with Crippen molar-refractivity contribution in [2.24, 2.45) is 13.0 Å². The minimum absolute atomic E-state index is 0.0262. The first-order valence-corrected chi connectivity index (χ1v) is 6.64. The average Bonchev–Trinajstić information content (AvgIpc) is 2.90. The third kappa shape index (κ3) is 2.42. The number of hydrogen-bond donors (Lipinski definition) is 0. The Kier molecular flexibility index (Phi) is 3.58. The summed E-state index contributed by atoms with van der Waals surface area (Å²) < 4.78 is 6.53. The highest BCUT2D eigenvalue weighted by Crippen LogP contribution is 2.42. The summed E-state index contributed by atoms with van der Waals surface area (Å²) >= 11 is 0. The van der Waals surface area contributed by atoms with Crippen LogP contribution in [0.4, 0.5) is 0 Å². The molecule has 1 aliphatic rings. The lowest BCUT2D eigenvalue weighted by molar-refractivity contribution is -0.146. The number of amides is 1. The fourth-order valence-corrected chi connectivity index (χ4v) is 2.86. The molecular formula is C14H21N3O3. The maximum Gasteiger partial charge on any atom is 0.311 e. The molecule has 0 spiro atoms. The third-order valence-corrected chi connectivity index (χ3v) is 3.62. The van der Waals surface area contributed by atoms with Crippen molar-refractivity contribution >= 4 is 11.9 Å². The molecule has 2 atom stereocenters. The van der Waals surface area contributed by atoms with E-state index < -0.39 is 5.92 Å². The van der Waals surface area contributed by atoms with E-state index in [2.05, 4.69) is 5.10 Å². The van der Waals surface area contributed by atoms with Gasteiger partial charge in [-0.2, -0.15) is 5.10 Å². The molecule has 2 rings (SSSR count). The van der Waals surface area contributed by atoms with Crippen LogP contribution in [0.25, 0.3) is 0 Å². The van der Waals surface area contributed by atoms with E-state index in [0.717, 1.165) is 5.56 Å². The van der Waals surface area contributed by atoms with Gasteiger partial charge in [-0.05, 0) is 20.8 Å². The first-order chi connectivity index (χ1) is 9.25. The molecule has 1 amide bonds. The lowest BCUT2D eigenvalue weighted by Crippen LogP contribution is -2.44. The molecule has 6 heteroatoms. The Bertz CT molecular complexity index is 530. The second-order valence-corrected chi connectivity index (χ2v) is 6.16. The van der Waals surface area contributed by atoms with Crippen LogP contribution in [0.3, 0.4) is 0 Å². The van der Waals surface area contributed by atoms with Gasteiger partial charge in [0.25, 0.3) is 0 Å². The Morgan fingerprint density at radius 3 is 2.55 bits per heavy atom. The highest BCUT2D eigenvalue weighted by Gasteiger charge is 2.49. The molecule has 0 N–H and O–H groups in total. The van der Waals surface area contributed by atoms with E-state index in [-0.39, 0.29) is 29.9 Å². The number of rotatable bonds is 2. The van der Waals surface area contributed by atoms with Crippen molar-refractivity contribution in [3.05, 3.63) is 18.0 Å². The van der Waals surface area contributed by atoms with Gasteiger partial charge in [-0.3, -0.25) is 14.3 Å². The van der Waals surface area contributed by atoms with E-state index >= 15 is 0 Å². The SMILES string of the molecule is COC(=O)[C@@H]1CC(=O)N(C(C)(C)C)[C@H]1c1cnn(C)c1. The predicted molar refractivity (Wildman–Crippen MR) is 72.7 cm³/mol. The number of carbonyl (C=O) groups excluding carboxylic acids is 2. The van der Waals surface area contributed by atoms with Crippen LogP contribution in [0.5, 0.6) is 0 Å². The van der Waals surface area contributed by atoms with Crippen molar-refractivity contribution in [1.29, 1.82) is 0 Å². The molecule has 2 heterocycles. The second kappa shape index (κ2) is 4.92. The zero-order valence-corrected chi connectivity index (χ0v) is 12.6. The van der Waals surface area contributed by atoms with Gasteiger partial charge in [0.1, 0.15) is 0 Å². The van der Waals surface area contributed by atoms with Crippen molar-refractivity contribution in [3.63, 3.8) is 0 Å². The minimum Gasteiger partial charge on any atom is -0.469 e.